The van der Waals surface area contributed by atoms with E-state index in [9.17, 15) is 9.59 Å². The highest BCUT2D eigenvalue weighted by molar-refractivity contribution is 5.83. The predicted molar refractivity (Wildman–Crippen MR) is 73.7 cm³/mol. The molecule has 1 heterocycles. The van der Waals surface area contributed by atoms with Gasteiger partial charge in [0.2, 0.25) is 5.91 Å². The number of methoxy groups -OCH3 is 1. The summed E-state index contributed by atoms with van der Waals surface area (Å²) in [6.45, 7) is 8.44. The van der Waals surface area contributed by atoms with Crippen molar-refractivity contribution in [2.45, 2.75) is 46.1 Å². The van der Waals surface area contributed by atoms with Crippen molar-refractivity contribution in [2.75, 3.05) is 26.7 Å². The molecule has 1 fully saturated rings. The quantitative estimate of drug-likeness (QED) is 0.779. The van der Waals surface area contributed by atoms with E-state index in [1.54, 1.807) is 0 Å². The molecule has 1 saturated heterocycles. The van der Waals surface area contributed by atoms with E-state index in [-0.39, 0.29) is 11.9 Å². The molecule has 1 rings (SSSR count). The maximum atomic E-state index is 11.7. The van der Waals surface area contributed by atoms with Crippen molar-refractivity contribution < 1.29 is 14.3 Å². The molecule has 1 unspecified atom stereocenters. The van der Waals surface area contributed by atoms with Crippen LogP contribution in [0.4, 0.5) is 0 Å². The molecule has 19 heavy (non-hydrogen) atoms. The van der Waals surface area contributed by atoms with Crippen LogP contribution < -0.4 is 5.32 Å². The van der Waals surface area contributed by atoms with Crippen LogP contribution in [-0.2, 0) is 14.3 Å². The monoisotopic (exact) mass is 270 g/mol. The van der Waals surface area contributed by atoms with Crippen molar-refractivity contribution in [1.29, 1.82) is 0 Å². The van der Waals surface area contributed by atoms with Gasteiger partial charge in [0.25, 0.3) is 0 Å². The Bertz CT molecular complexity index is 329. The van der Waals surface area contributed by atoms with Crippen LogP contribution in [0, 0.1) is 5.41 Å². The molecule has 0 radical (unpaired) electrons. The van der Waals surface area contributed by atoms with Gasteiger partial charge in [0.05, 0.1) is 7.11 Å². The average molecular weight is 270 g/mol. The Labute approximate surface area is 115 Å². The molecule has 110 valence electrons. The van der Waals surface area contributed by atoms with E-state index in [0.717, 1.165) is 25.9 Å². The summed E-state index contributed by atoms with van der Waals surface area (Å²) in [5.41, 5.74) is 0.365. The zero-order valence-corrected chi connectivity index (χ0v) is 12.5. The summed E-state index contributed by atoms with van der Waals surface area (Å²) in [4.78, 5) is 25.1. The topological polar surface area (TPSA) is 58.6 Å². The summed E-state index contributed by atoms with van der Waals surface area (Å²) in [5, 5.41) is 2.66. The van der Waals surface area contributed by atoms with Crippen LogP contribution in [0.5, 0.6) is 0 Å². The zero-order valence-electron chi connectivity index (χ0n) is 12.5. The number of amides is 1. The summed E-state index contributed by atoms with van der Waals surface area (Å²) >= 11 is 0. The highest BCUT2D eigenvalue weighted by Gasteiger charge is 2.27. The van der Waals surface area contributed by atoms with Gasteiger partial charge in [-0.2, -0.15) is 0 Å². The van der Waals surface area contributed by atoms with Crippen molar-refractivity contribution in [3.05, 3.63) is 0 Å². The Hall–Kier alpha value is -1.10. The number of hydrogen-bond acceptors (Lipinski definition) is 4. The average Bonchev–Trinajstić information content (AvgIpc) is 2.48. The number of carbonyl (C=O) groups is 2. The standard InChI is InChI=1S/C14H26N2O3/c1-11(17)15-12(13(18)19-4)10-16-8-5-6-14(2,3)7-9-16/h12H,5-10H2,1-4H3,(H,15,17). The molecule has 1 atom stereocenters. The first-order valence-electron chi connectivity index (χ1n) is 6.91. The SMILES string of the molecule is COC(=O)C(CN1CCCC(C)(C)CC1)NC(C)=O. The molecule has 1 aliphatic heterocycles. The van der Waals surface area contributed by atoms with Gasteiger partial charge in [-0.05, 0) is 37.8 Å². The lowest BCUT2D eigenvalue weighted by atomic mass is 9.85. The number of nitrogens with zero attached hydrogens (tertiary/aromatic N) is 1. The van der Waals surface area contributed by atoms with Gasteiger partial charge in [0.15, 0.2) is 0 Å². The van der Waals surface area contributed by atoms with E-state index in [0.29, 0.717) is 12.0 Å². The van der Waals surface area contributed by atoms with Crippen LogP contribution >= 0.6 is 0 Å². The van der Waals surface area contributed by atoms with Crippen LogP contribution in [0.2, 0.25) is 0 Å². The Morgan fingerprint density at radius 1 is 1.32 bits per heavy atom. The molecule has 1 amide bonds. The van der Waals surface area contributed by atoms with Crippen LogP contribution in [0.15, 0.2) is 0 Å². The maximum absolute atomic E-state index is 11.7. The van der Waals surface area contributed by atoms with Gasteiger partial charge >= 0.3 is 5.97 Å². The molecule has 1 N–H and O–H groups in total. The lowest BCUT2D eigenvalue weighted by Gasteiger charge is -2.26. The normalized spacial score (nSPS) is 21.3. The van der Waals surface area contributed by atoms with Gasteiger partial charge in [-0.15, -0.1) is 0 Å². The molecule has 1 aliphatic rings. The van der Waals surface area contributed by atoms with Crippen LogP contribution in [-0.4, -0.2) is 49.6 Å². The van der Waals surface area contributed by atoms with Gasteiger partial charge < -0.3 is 15.0 Å². The Morgan fingerprint density at radius 3 is 2.58 bits per heavy atom. The number of esters is 1. The van der Waals surface area contributed by atoms with E-state index in [2.05, 4.69) is 24.1 Å². The number of ether oxygens (including phenoxy) is 1. The molecular formula is C14H26N2O3. The summed E-state index contributed by atoms with van der Waals surface area (Å²) in [7, 11) is 1.35. The second-order valence-electron chi connectivity index (χ2n) is 6.09. The first-order chi connectivity index (χ1) is 8.84. The minimum atomic E-state index is -0.566. The minimum Gasteiger partial charge on any atom is -0.467 e. The fraction of sp³-hybridized carbons (Fsp3) is 0.857. The summed E-state index contributed by atoms with van der Waals surface area (Å²) < 4.78 is 4.75. The van der Waals surface area contributed by atoms with E-state index in [1.807, 2.05) is 0 Å². The lowest BCUT2D eigenvalue weighted by Crippen LogP contribution is -2.48. The first kappa shape index (κ1) is 16.0. The molecule has 0 aromatic heterocycles. The number of likely N-dealkylation sites (tertiary alicyclic amines) is 1. The van der Waals surface area contributed by atoms with Crippen molar-refractivity contribution in [1.82, 2.24) is 10.2 Å². The van der Waals surface area contributed by atoms with Gasteiger partial charge in [-0.1, -0.05) is 13.8 Å². The predicted octanol–water partition coefficient (Wildman–Crippen LogP) is 1.18. The fourth-order valence-electron chi connectivity index (χ4n) is 2.49. The second kappa shape index (κ2) is 6.89. The van der Waals surface area contributed by atoms with Crippen LogP contribution in [0.25, 0.3) is 0 Å². The number of nitrogens with one attached hydrogen (secondary N) is 1. The molecule has 0 aromatic rings. The van der Waals surface area contributed by atoms with Crippen LogP contribution in [0.1, 0.15) is 40.0 Å². The largest absolute Gasteiger partial charge is 0.467 e. The third-order valence-electron chi connectivity index (χ3n) is 3.74. The first-order valence-corrected chi connectivity index (χ1v) is 6.91. The minimum absolute atomic E-state index is 0.203. The highest BCUT2D eigenvalue weighted by atomic mass is 16.5. The Morgan fingerprint density at radius 2 is 2.00 bits per heavy atom. The van der Waals surface area contributed by atoms with Crippen molar-refractivity contribution >= 4 is 11.9 Å². The summed E-state index contributed by atoms with van der Waals surface area (Å²) in [6, 6.07) is -0.566. The van der Waals surface area contributed by atoms with Gasteiger partial charge in [0.1, 0.15) is 6.04 Å². The van der Waals surface area contributed by atoms with E-state index < -0.39 is 6.04 Å². The molecule has 0 spiro atoms. The second-order valence-corrected chi connectivity index (χ2v) is 6.09. The summed E-state index contributed by atoms with van der Waals surface area (Å²) in [5.74, 6) is -0.579. The smallest absolute Gasteiger partial charge is 0.329 e. The number of rotatable bonds is 4. The lowest BCUT2D eigenvalue weighted by molar-refractivity contribution is -0.145. The Balaban J connectivity index is 2.58. The van der Waals surface area contributed by atoms with E-state index in [4.69, 9.17) is 4.74 Å². The van der Waals surface area contributed by atoms with Crippen molar-refractivity contribution in [3.63, 3.8) is 0 Å². The fourth-order valence-corrected chi connectivity index (χ4v) is 2.49. The summed E-state index contributed by atoms with van der Waals surface area (Å²) in [6.07, 6.45) is 3.44. The van der Waals surface area contributed by atoms with Crippen molar-refractivity contribution in [3.8, 4) is 0 Å². The molecule has 0 saturated carbocycles. The van der Waals surface area contributed by atoms with Crippen LogP contribution in [0.3, 0.4) is 0 Å². The Kier molecular flexibility index (Phi) is 5.79. The van der Waals surface area contributed by atoms with Crippen molar-refractivity contribution in [2.24, 2.45) is 5.41 Å². The van der Waals surface area contributed by atoms with E-state index >= 15 is 0 Å². The molecule has 5 nitrogen and oxygen atoms in total. The third-order valence-corrected chi connectivity index (χ3v) is 3.74. The number of hydrogen-bond donors (Lipinski definition) is 1. The van der Waals surface area contributed by atoms with Gasteiger partial charge in [-0.25, -0.2) is 4.79 Å². The molecular weight excluding hydrogens is 244 g/mol. The van der Waals surface area contributed by atoms with Gasteiger partial charge in [-0.3, -0.25) is 4.79 Å². The number of carbonyl (C=O) groups excluding carboxylic acids is 2. The molecule has 0 aromatic carbocycles. The molecule has 0 bridgehead atoms. The third kappa shape index (κ3) is 5.59. The zero-order chi connectivity index (χ0) is 14.5. The molecule has 0 aliphatic carbocycles. The maximum Gasteiger partial charge on any atom is 0.329 e. The highest BCUT2D eigenvalue weighted by Crippen LogP contribution is 2.29. The van der Waals surface area contributed by atoms with Gasteiger partial charge in [0, 0.05) is 13.5 Å². The molecule has 5 heteroatoms. The van der Waals surface area contributed by atoms with E-state index in [1.165, 1.54) is 20.5 Å².